The summed E-state index contributed by atoms with van der Waals surface area (Å²) in [7, 11) is 1.69. The molecule has 1 fully saturated rings. The van der Waals surface area contributed by atoms with Crippen LogP contribution in [0.4, 0.5) is 0 Å². The van der Waals surface area contributed by atoms with Crippen molar-refractivity contribution in [2.45, 2.75) is 20.3 Å². The van der Waals surface area contributed by atoms with Gasteiger partial charge in [0.2, 0.25) is 0 Å². The van der Waals surface area contributed by atoms with Gasteiger partial charge in [0, 0.05) is 38.3 Å². The maximum Gasteiger partial charge on any atom is 0.253 e. The molecule has 138 valence electrons. The molecule has 0 saturated carbocycles. The van der Waals surface area contributed by atoms with E-state index < -0.39 is 0 Å². The molecule has 0 unspecified atom stereocenters. The summed E-state index contributed by atoms with van der Waals surface area (Å²) in [5.41, 5.74) is 4.53. The molecule has 1 aliphatic rings. The topological polar surface area (TPSA) is 32.8 Å². The third-order valence-corrected chi connectivity index (χ3v) is 5.29. The molecule has 0 radical (unpaired) electrons. The Bertz CT molecular complexity index is 747. The maximum atomic E-state index is 12.7. The standard InChI is InChI=1S/C22H28N2O2/c1-17-4-7-20(16-18(17)2)22(25)24-14-12-23(13-15-24)11-10-19-5-8-21(26-3)9-6-19/h4-9,16H,10-15H2,1-3H3. The number of benzene rings is 2. The molecule has 0 aromatic heterocycles. The minimum absolute atomic E-state index is 0.155. The predicted octanol–water partition coefficient (Wildman–Crippen LogP) is 3.31. The van der Waals surface area contributed by atoms with Crippen LogP contribution in [0, 0.1) is 13.8 Å². The molecule has 2 aromatic carbocycles. The van der Waals surface area contributed by atoms with Gasteiger partial charge in [0.15, 0.2) is 0 Å². The van der Waals surface area contributed by atoms with E-state index in [-0.39, 0.29) is 5.91 Å². The molecule has 0 bridgehead atoms. The van der Waals surface area contributed by atoms with E-state index in [2.05, 4.69) is 30.9 Å². The van der Waals surface area contributed by atoms with Crippen molar-refractivity contribution in [2.75, 3.05) is 39.8 Å². The molecule has 0 atom stereocenters. The Morgan fingerprint density at radius 3 is 2.27 bits per heavy atom. The molecule has 3 rings (SSSR count). The number of ether oxygens (including phenoxy) is 1. The average molecular weight is 352 g/mol. The van der Waals surface area contributed by atoms with Crippen LogP contribution in [0.3, 0.4) is 0 Å². The first-order valence-electron chi connectivity index (χ1n) is 9.28. The van der Waals surface area contributed by atoms with Crippen LogP contribution in [0.5, 0.6) is 5.75 Å². The van der Waals surface area contributed by atoms with Gasteiger partial charge in [0.25, 0.3) is 5.91 Å². The highest BCUT2D eigenvalue weighted by atomic mass is 16.5. The van der Waals surface area contributed by atoms with Gasteiger partial charge in [-0.15, -0.1) is 0 Å². The van der Waals surface area contributed by atoms with E-state index in [0.717, 1.165) is 50.5 Å². The highest BCUT2D eigenvalue weighted by Gasteiger charge is 2.22. The lowest BCUT2D eigenvalue weighted by molar-refractivity contribution is 0.0638. The van der Waals surface area contributed by atoms with Crippen LogP contribution in [0.2, 0.25) is 0 Å². The summed E-state index contributed by atoms with van der Waals surface area (Å²) in [4.78, 5) is 17.1. The quantitative estimate of drug-likeness (QED) is 0.828. The van der Waals surface area contributed by atoms with E-state index in [9.17, 15) is 4.79 Å². The molecule has 1 amide bonds. The van der Waals surface area contributed by atoms with Crippen molar-refractivity contribution in [3.05, 3.63) is 64.7 Å². The molecular weight excluding hydrogens is 324 g/mol. The van der Waals surface area contributed by atoms with Crippen LogP contribution >= 0.6 is 0 Å². The van der Waals surface area contributed by atoms with Crippen molar-refractivity contribution in [1.29, 1.82) is 0 Å². The lowest BCUT2D eigenvalue weighted by Crippen LogP contribution is -2.49. The molecule has 1 saturated heterocycles. The number of piperazine rings is 1. The molecule has 4 heteroatoms. The van der Waals surface area contributed by atoms with Crippen molar-refractivity contribution < 1.29 is 9.53 Å². The summed E-state index contributed by atoms with van der Waals surface area (Å²) in [5.74, 6) is 1.05. The first-order chi connectivity index (χ1) is 12.6. The van der Waals surface area contributed by atoms with Gasteiger partial charge in [-0.25, -0.2) is 0 Å². The number of rotatable bonds is 5. The van der Waals surface area contributed by atoms with Crippen LogP contribution < -0.4 is 4.74 Å². The van der Waals surface area contributed by atoms with Gasteiger partial charge in [-0.1, -0.05) is 18.2 Å². The molecule has 0 spiro atoms. The van der Waals surface area contributed by atoms with E-state index >= 15 is 0 Å². The van der Waals surface area contributed by atoms with Gasteiger partial charge < -0.3 is 9.64 Å². The number of carbonyl (C=O) groups excluding carboxylic acids is 1. The Hall–Kier alpha value is -2.33. The number of methoxy groups -OCH3 is 1. The number of aryl methyl sites for hydroxylation is 2. The van der Waals surface area contributed by atoms with Gasteiger partial charge in [0.1, 0.15) is 5.75 Å². The molecule has 0 aliphatic carbocycles. The van der Waals surface area contributed by atoms with Crippen LogP contribution in [-0.2, 0) is 6.42 Å². The summed E-state index contributed by atoms with van der Waals surface area (Å²) in [6, 6.07) is 14.3. The minimum atomic E-state index is 0.155. The van der Waals surface area contributed by atoms with E-state index in [1.807, 2.05) is 35.2 Å². The minimum Gasteiger partial charge on any atom is -0.497 e. The zero-order chi connectivity index (χ0) is 18.5. The normalized spacial score (nSPS) is 15.1. The fourth-order valence-electron chi connectivity index (χ4n) is 3.31. The summed E-state index contributed by atoms with van der Waals surface area (Å²) < 4.78 is 5.20. The van der Waals surface area contributed by atoms with Crippen LogP contribution in [-0.4, -0.2) is 55.5 Å². The first-order valence-corrected chi connectivity index (χ1v) is 9.28. The Balaban J connectivity index is 1.48. The summed E-state index contributed by atoms with van der Waals surface area (Å²) >= 11 is 0. The van der Waals surface area contributed by atoms with Gasteiger partial charge >= 0.3 is 0 Å². The SMILES string of the molecule is COc1ccc(CCN2CCN(C(=O)c3ccc(C)c(C)c3)CC2)cc1. The predicted molar refractivity (Wildman–Crippen MR) is 105 cm³/mol. The Labute approximate surface area is 156 Å². The first kappa shape index (κ1) is 18.5. The lowest BCUT2D eigenvalue weighted by atomic mass is 10.1. The van der Waals surface area contributed by atoms with Crippen molar-refractivity contribution in [3.8, 4) is 5.75 Å². The monoisotopic (exact) mass is 352 g/mol. The van der Waals surface area contributed by atoms with Crippen molar-refractivity contribution in [2.24, 2.45) is 0 Å². The van der Waals surface area contributed by atoms with Crippen LogP contribution in [0.25, 0.3) is 0 Å². The van der Waals surface area contributed by atoms with Crippen molar-refractivity contribution in [1.82, 2.24) is 9.80 Å². The zero-order valence-corrected chi connectivity index (χ0v) is 16.0. The number of carbonyl (C=O) groups is 1. The Morgan fingerprint density at radius 2 is 1.65 bits per heavy atom. The van der Waals surface area contributed by atoms with Crippen molar-refractivity contribution >= 4 is 5.91 Å². The molecule has 0 N–H and O–H groups in total. The molecule has 1 aliphatic heterocycles. The second kappa shape index (κ2) is 8.37. The molecule has 4 nitrogen and oxygen atoms in total. The second-order valence-corrected chi connectivity index (χ2v) is 7.03. The number of nitrogens with zero attached hydrogens (tertiary/aromatic N) is 2. The van der Waals surface area contributed by atoms with E-state index in [4.69, 9.17) is 4.74 Å². The highest BCUT2D eigenvalue weighted by Crippen LogP contribution is 2.15. The van der Waals surface area contributed by atoms with Gasteiger partial charge in [-0.3, -0.25) is 9.69 Å². The second-order valence-electron chi connectivity index (χ2n) is 7.03. The van der Waals surface area contributed by atoms with Gasteiger partial charge in [0.05, 0.1) is 7.11 Å². The summed E-state index contributed by atoms with van der Waals surface area (Å²) in [6.07, 6.45) is 1.02. The average Bonchev–Trinajstić information content (AvgIpc) is 2.69. The molecule has 2 aromatic rings. The largest absolute Gasteiger partial charge is 0.497 e. The third kappa shape index (κ3) is 4.44. The summed E-state index contributed by atoms with van der Waals surface area (Å²) in [5, 5.41) is 0. The maximum absolute atomic E-state index is 12.7. The molecular formula is C22H28N2O2. The lowest BCUT2D eigenvalue weighted by Gasteiger charge is -2.35. The number of hydrogen-bond acceptors (Lipinski definition) is 3. The molecule has 1 heterocycles. The van der Waals surface area contributed by atoms with Gasteiger partial charge in [-0.05, 0) is 61.2 Å². The third-order valence-electron chi connectivity index (χ3n) is 5.29. The van der Waals surface area contributed by atoms with E-state index in [1.54, 1.807) is 7.11 Å². The van der Waals surface area contributed by atoms with Crippen LogP contribution in [0.15, 0.2) is 42.5 Å². The smallest absolute Gasteiger partial charge is 0.253 e. The Morgan fingerprint density at radius 1 is 0.962 bits per heavy atom. The highest BCUT2D eigenvalue weighted by molar-refractivity contribution is 5.94. The fourth-order valence-corrected chi connectivity index (χ4v) is 3.31. The number of hydrogen-bond donors (Lipinski definition) is 0. The Kier molecular flexibility index (Phi) is 5.94. The van der Waals surface area contributed by atoms with E-state index in [0.29, 0.717) is 0 Å². The van der Waals surface area contributed by atoms with E-state index in [1.165, 1.54) is 16.7 Å². The zero-order valence-electron chi connectivity index (χ0n) is 16.0. The van der Waals surface area contributed by atoms with Crippen LogP contribution in [0.1, 0.15) is 27.0 Å². The van der Waals surface area contributed by atoms with Gasteiger partial charge in [-0.2, -0.15) is 0 Å². The number of amides is 1. The van der Waals surface area contributed by atoms with Crippen molar-refractivity contribution in [3.63, 3.8) is 0 Å². The molecule has 26 heavy (non-hydrogen) atoms. The fraction of sp³-hybridized carbons (Fsp3) is 0.409. The summed E-state index contributed by atoms with van der Waals surface area (Å²) in [6.45, 7) is 8.63.